The van der Waals surface area contributed by atoms with Gasteiger partial charge >= 0.3 is 0 Å². The molecule has 110 valence electrons. The van der Waals surface area contributed by atoms with E-state index in [1.807, 2.05) is 0 Å². The minimum Gasteiger partial charge on any atom is -0.322 e. The van der Waals surface area contributed by atoms with Crippen molar-refractivity contribution >= 4 is 38.6 Å². The summed E-state index contributed by atoms with van der Waals surface area (Å²) in [4.78, 5) is 4.63. The molecule has 0 saturated heterocycles. The van der Waals surface area contributed by atoms with Gasteiger partial charge in [0.25, 0.3) is 0 Å². The maximum atomic E-state index is 13.9. The highest BCUT2D eigenvalue weighted by Gasteiger charge is 2.25. The van der Waals surface area contributed by atoms with Crippen LogP contribution in [-0.2, 0) is 12.0 Å². The third kappa shape index (κ3) is 2.86. The van der Waals surface area contributed by atoms with Gasteiger partial charge < -0.3 is 4.57 Å². The van der Waals surface area contributed by atoms with Crippen LogP contribution < -0.4 is 0 Å². The lowest BCUT2D eigenvalue weighted by atomic mass is 9.97. The van der Waals surface area contributed by atoms with E-state index in [2.05, 4.69) is 46.3 Å². The van der Waals surface area contributed by atoms with Crippen molar-refractivity contribution in [1.82, 2.24) is 9.55 Å². The molecule has 2 nitrogen and oxygen atoms in total. The van der Waals surface area contributed by atoms with Crippen LogP contribution in [0.4, 0.5) is 4.39 Å². The minimum absolute atomic E-state index is 0.106. The van der Waals surface area contributed by atoms with Crippen LogP contribution in [0.1, 0.15) is 39.4 Å². The van der Waals surface area contributed by atoms with Gasteiger partial charge in [-0.25, -0.2) is 9.37 Å². The number of benzene rings is 1. The number of nitrogens with zero attached hydrogens (tertiary/aromatic N) is 2. The SMILES string of the molecule is CCCC(C)(C)n1c(CCCl)nc2cc(Br)c(F)cc21. The number of hydrogen-bond acceptors (Lipinski definition) is 1. The molecule has 0 radical (unpaired) electrons. The number of alkyl halides is 1. The first-order valence-corrected chi connectivity index (χ1v) is 8.16. The molecule has 2 rings (SSSR count). The fourth-order valence-corrected chi connectivity index (χ4v) is 3.27. The second-order valence-corrected chi connectivity index (χ2v) is 6.85. The van der Waals surface area contributed by atoms with Crippen molar-refractivity contribution in [1.29, 1.82) is 0 Å². The molecule has 0 amide bonds. The Hall–Kier alpha value is -0.610. The lowest BCUT2D eigenvalue weighted by Crippen LogP contribution is -2.28. The lowest BCUT2D eigenvalue weighted by Gasteiger charge is -2.29. The minimum atomic E-state index is -0.261. The molecule has 0 saturated carbocycles. The molecule has 0 fully saturated rings. The molecule has 0 aliphatic rings. The summed E-state index contributed by atoms with van der Waals surface area (Å²) in [7, 11) is 0. The molecular formula is C15H19BrClFN2. The van der Waals surface area contributed by atoms with Gasteiger partial charge in [-0.1, -0.05) is 13.3 Å². The molecule has 2 aromatic rings. The van der Waals surface area contributed by atoms with Crippen LogP contribution >= 0.6 is 27.5 Å². The molecular weight excluding hydrogens is 343 g/mol. The molecule has 1 heterocycles. The van der Waals surface area contributed by atoms with Gasteiger partial charge in [-0.05, 0) is 42.3 Å². The molecule has 0 aliphatic carbocycles. The van der Waals surface area contributed by atoms with Crippen molar-refractivity contribution in [2.24, 2.45) is 0 Å². The molecule has 1 aromatic heterocycles. The quantitative estimate of drug-likeness (QED) is 0.665. The van der Waals surface area contributed by atoms with Crippen molar-refractivity contribution in [3.8, 4) is 0 Å². The molecule has 0 atom stereocenters. The van der Waals surface area contributed by atoms with E-state index in [0.29, 0.717) is 16.8 Å². The molecule has 0 bridgehead atoms. The zero-order chi connectivity index (χ0) is 14.9. The van der Waals surface area contributed by atoms with E-state index in [1.54, 1.807) is 12.1 Å². The van der Waals surface area contributed by atoms with Crippen LogP contribution in [0.2, 0.25) is 0 Å². The number of rotatable bonds is 5. The van der Waals surface area contributed by atoms with Gasteiger partial charge in [0.2, 0.25) is 0 Å². The molecule has 1 aromatic carbocycles. The predicted molar refractivity (Wildman–Crippen MR) is 86.0 cm³/mol. The largest absolute Gasteiger partial charge is 0.322 e. The van der Waals surface area contributed by atoms with Crippen molar-refractivity contribution in [2.75, 3.05) is 5.88 Å². The van der Waals surface area contributed by atoms with E-state index >= 15 is 0 Å². The third-order valence-electron chi connectivity index (χ3n) is 3.55. The van der Waals surface area contributed by atoms with E-state index < -0.39 is 0 Å². The number of hydrogen-bond donors (Lipinski definition) is 0. The summed E-state index contributed by atoms with van der Waals surface area (Å²) in [5, 5.41) is 0. The van der Waals surface area contributed by atoms with E-state index in [-0.39, 0.29) is 11.4 Å². The van der Waals surface area contributed by atoms with Crippen LogP contribution in [0.3, 0.4) is 0 Å². The molecule has 20 heavy (non-hydrogen) atoms. The second-order valence-electron chi connectivity index (χ2n) is 5.62. The summed E-state index contributed by atoms with van der Waals surface area (Å²) in [5.41, 5.74) is 1.54. The summed E-state index contributed by atoms with van der Waals surface area (Å²) in [6, 6.07) is 3.29. The van der Waals surface area contributed by atoms with Gasteiger partial charge in [0.1, 0.15) is 11.6 Å². The van der Waals surface area contributed by atoms with E-state index in [0.717, 1.165) is 29.7 Å². The molecule has 5 heteroatoms. The third-order valence-corrected chi connectivity index (χ3v) is 4.35. The van der Waals surface area contributed by atoms with E-state index in [1.165, 1.54) is 0 Å². The zero-order valence-corrected chi connectivity index (χ0v) is 14.4. The summed E-state index contributed by atoms with van der Waals surface area (Å²) >= 11 is 9.11. The smallest absolute Gasteiger partial charge is 0.139 e. The maximum Gasteiger partial charge on any atom is 0.139 e. The Morgan fingerprint density at radius 3 is 2.70 bits per heavy atom. The van der Waals surface area contributed by atoms with Crippen LogP contribution in [0.25, 0.3) is 11.0 Å². The molecule has 0 N–H and O–H groups in total. The first-order valence-electron chi connectivity index (χ1n) is 6.83. The van der Waals surface area contributed by atoms with Gasteiger partial charge in [-0.3, -0.25) is 0 Å². The first-order chi connectivity index (χ1) is 9.40. The number of halogens is 3. The average molecular weight is 362 g/mol. The van der Waals surface area contributed by atoms with Crippen molar-refractivity contribution in [3.63, 3.8) is 0 Å². The Balaban J connectivity index is 2.70. The van der Waals surface area contributed by atoms with Crippen molar-refractivity contribution < 1.29 is 4.39 Å². The fourth-order valence-electron chi connectivity index (χ4n) is 2.77. The number of aryl methyl sites for hydroxylation is 1. The van der Waals surface area contributed by atoms with Crippen LogP contribution in [-0.4, -0.2) is 15.4 Å². The fraction of sp³-hybridized carbons (Fsp3) is 0.533. The Morgan fingerprint density at radius 2 is 2.10 bits per heavy atom. The second kappa shape index (κ2) is 6.02. The predicted octanol–water partition coefficient (Wildman–Crippen LogP) is 5.25. The van der Waals surface area contributed by atoms with Crippen LogP contribution in [0, 0.1) is 5.82 Å². The Morgan fingerprint density at radius 1 is 1.40 bits per heavy atom. The Labute approximate surface area is 132 Å². The number of fused-ring (bicyclic) bond motifs is 1. The highest BCUT2D eigenvalue weighted by molar-refractivity contribution is 9.10. The average Bonchev–Trinajstić information content (AvgIpc) is 2.68. The van der Waals surface area contributed by atoms with E-state index in [4.69, 9.17) is 11.6 Å². The lowest BCUT2D eigenvalue weighted by molar-refractivity contribution is 0.324. The van der Waals surface area contributed by atoms with Gasteiger partial charge in [0.15, 0.2) is 0 Å². The summed E-state index contributed by atoms with van der Waals surface area (Å²) in [6.07, 6.45) is 2.75. The molecule has 0 aliphatic heterocycles. The number of aromatic nitrogens is 2. The Bertz CT molecular complexity index is 622. The number of imidazole rings is 1. The zero-order valence-electron chi connectivity index (χ0n) is 12.0. The van der Waals surface area contributed by atoms with E-state index in [9.17, 15) is 4.39 Å². The monoisotopic (exact) mass is 360 g/mol. The van der Waals surface area contributed by atoms with Gasteiger partial charge in [0, 0.05) is 23.9 Å². The highest BCUT2D eigenvalue weighted by atomic mass is 79.9. The van der Waals surface area contributed by atoms with Crippen LogP contribution in [0.5, 0.6) is 0 Å². The highest BCUT2D eigenvalue weighted by Crippen LogP contribution is 2.32. The van der Waals surface area contributed by atoms with Gasteiger partial charge in [0.05, 0.1) is 15.5 Å². The molecule has 0 unspecified atom stereocenters. The standard InChI is InChI=1S/C15H19BrClFN2/c1-4-6-15(2,3)20-13-9-11(18)10(16)8-12(13)19-14(20)5-7-17/h8-9H,4-7H2,1-3H3. The maximum absolute atomic E-state index is 13.9. The summed E-state index contributed by atoms with van der Waals surface area (Å²) in [6.45, 7) is 6.48. The van der Waals surface area contributed by atoms with Crippen LogP contribution in [0.15, 0.2) is 16.6 Å². The summed E-state index contributed by atoms with van der Waals surface area (Å²) < 4.78 is 16.5. The normalized spacial score (nSPS) is 12.3. The van der Waals surface area contributed by atoms with Crippen molar-refractivity contribution in [2.45, 2.75) is 45.6 Å². The van der Waals surface area contributed by atoms with Crippen molar-refractivity contribution in [3.05, 3.63) is 28.2 Å². The Kier molecular flexibility index (Phi) is 4.75. The summed E-state index contributed by atoms with van der Waals surface area (Å²) in [5.74, 6) is 1.17. The van der Waals surface area contributed by atoms with Gasteiger partial charge in [-0.2, -0.15) is 0 Å². The first kappa shape index (κ1) is 15.8. The molecule has 0 spiro atoms. The van der Waals surface area contributed by atoms with Gasteiger partial charge in [-0.15, -0.1) is 11.6 Å². The topological polar surface area (TPSA) is 17.8 Å².